The molecule has 2 fully saturated rings. The van der Waals surface area contributed by atoms with E-state index in [4.69, 9.17) is 10.5 Å². The van der Waals surface area contributed by atoms with Gasteiger partial charge in [0.1, 0.15) is 6.10 Å². The van der Waals surface area contributed by atoms with E-state index in [1.807, 2.05) is 24.3 Å². The minimum atomic E-state index is -0.288. The lowest BCUT2D eigenvalue weighted by molar-refractivity contribution is -0.143. The zero-order valence-electron chi connectivity index (χ0n) is 13.3. The zero-order chi connectivity index (χ0) is 14.8. The average molecular weight is 366 g/mol. The van der Waals surface area contributed by atoms with E-state index in [1.165, 1.54) is 0 Å². The van der Waals surface area contributed by atoms with Gasteiger partial charge in [-0.2, -0.15) is 5.10 Å². The number of nitrogens with zero attached hydrogens (tertiary/aromatic N) is 4. The molecule has 0 unspecified atom stereocenters. The van der Waals surface area contributed by atoms with E-state index in [0.29, 0.717) is 6.54 Å². The second kappa shape index (κ2) is 8.73. The lowest BCUT2D eigenvalue weighted by atomic mass is 10.1. The molecular formula is C14H25Cl2N5O2. The van der Waals surface area contributed by atoms with Crippen LogP contribution in [-0.4, -0.2) is 65.5 Å². The van der Waals surface area contributed by atoms with Crippen LogP contribution in [-0.2, 0) is 16.6 Å². The van der Waals surface area contributed by atoms with Crippen LogP contribution in [0.2, 0.25) is 0 Å². The van der Waals surface area contributed by atoms with Crippen molar-refractivity contribution < 1.29 is 9.53 Å². The van der Waals surface area contributed by atoms with Gasteiger partial charge in [-0.3, -0.25) is 9.48 Å². The van der Waals surface area contributed by atoms with Crippen molar-refractivity contribution in [1.82, 2.24) is 14.7 Å². The summed E-state index contributed by atoms with van der Waals surface area (Å²) in [4.78, 5) is 16.6. The fraction of sp³-hybridized carbons (Fsp3) is 0.714. The molecule has 23 heavy (non-hydrogen) atoms. The highest BCUT2D eigenvalue weighted by molar-refractivity contribution is 5.85. The third kappa shape index (κ3) is 4.50. The van der Waals surface area contributed by atoms with Crippen LogP contribution in [0, 0.1) is 0 Å². The number of halogens is 2. The average Bonchev–Trinajstić information content (AvgIpc) is 3.15. The summed E-state index contributed by atoms with van der Waals surface area (Å²) in [6.07, 6.45) is 5.32. The van der Waals surface area contributed by atoms with Gasteiger partial charge in [-0.1, -0.05) is 0 Å². The molecule has 1 aromatic rings. The van der Waals surface area contributed by atoms with Crippen molar-refractivity contribution in [3.63, 3.8) is 0 Å². The largest absolute Gasteiger partial charge is 0.365 e. The summed E-state index contributed by atoms with van der Waals surface area (Å²) in [5, 5.41) is 4.19. The fourth-order valence-electron chi connectivity index (χ4n) is 3.02. The third-order valence-corrected chi connectivity index (χ3v) is 4.29. The Bertz CT molecular complexity index is 505. The van der Waals surface area contributed by atoms with E-state index in [0.717, 1.165) is 44.7 Å². The summed E-state index contributed by atoms with van der Waals surface area (Å²) >= 11 is 0. The van der Waals surface area contributed by atoms with Gasteiger partial charge in [0.05, 0.1) is 18.0 Å². The molecule has 0 bridgehead atoms. The van der Waals surface area contributed by atoms with Crippen molar-refractivity contribution >= 4 is 36.4 Å². The van der Waals surface area contributed by atoms with Crippen LogP contribution in [0.5, 0.6) is 0 Å². The van der Waals surface area contributed by atoms with E-state index in [2.05, 4.69) is 10.00 Å². The lowest BCUT2D eigenvalue weighted by Gasteiger charge is -2.36. The predicted octanol–water partition coefficient (Wildman–Crippen LogP) is 0.419. The summed E-state index contributed by atoms with van der Waals surface area (Å²) < 4.78 is 7.50. The van der Waals surface area contributed by atoms with E-state index in [1.54, 1.807) is 4.68 Å². The lowest BCUT2D eigenvalue weighted by Crippen LogP contribution is -2.51. The molecule has 2 N–H and O–H groups in total. The van der Waals surface area contributed by atoms with Crippen LogP contribution in [0.15, 0.2) is 12.4 Å². The third-order valence-electron chi connectivity index (χ3n) is 4.29. The molecule has 9 heteroatoms. The number of aromatic nitrogens is 2. The molecule has 2 aliphatic rings. The maximum absolute atomic E-state index is 12.4. The van der Waals surface area contributed by atoms with Crippen LogP contribution < -0.4 is 10.6 Å². The number of hydrogen-bond donors (Lipinski definition) is 1. The topological polar surface area (TPSA) is 76.6 Å². The van der Waals surface area contributed by atoms with E-state index < -0.39 is 0 Å². The molecule has 0 spiro atoms. The number of piperazine rings is 1. The minimum absolute atomic E-state index is 0. The summed E-state index contributed by atoms with van der Waals surface area (Å²) in [5.74, 6) is 0.122. The van der Waals surface area contributed by atoms with Gasteiger partial charge in [0.25, 0.3) is 5.91 Å². The van der Waals surface area contributed by atoms with Gasteiger partial charge in [-0.15, -0.1) is 24.8 Å². The molecule has 0 radical (unpaired) electrons. The minimum Gasteiger partial charge on any atom is -0.365 e. The van der Waals surface area contributed by atoms with Crippen LogP contribution in [0.25, 0.3) is 0 Å². The summed E-state index contributed by atoms with van der Waals surface area (Å²) in [6.45, 7) is 3.65. The first-order chi connectivity index (χ1) is 10.2. The normalized spacial score (nSPS) is 24.1. The fourth-order valence-corrected chi connectivity index (χ4v) is 3.02. The van der Waals surface area contributed by atoms with Crippen molar-refractivity contribution in [3.8, 4) is 0 Å². The van der Waals surface area contributed by atoms with Gasteiger partial charge in [-0.25, -0.2) is 0 Å². The van der Waals surface area contributed by atoms with Crippen molar-refractivity contribution in [1.29, 1.82) is 0 Å². The van der Waals surface area contributed by atoms with Crippen LogP contribution in [0.4, 0.5) is 5.69 Å². The number of nitrogens with two attached hydrogens (primary N) is 1. The molecule has 0 aliphatic carbocycles. The smallest absolute Gasteiger partial charge is 0.251 e. The van der Waals surface area contributed by atoms with E-state index in [9.17, 15) is 4.79 Å². The Hall–Kier alpha value is -1.02. The Morgan fingerprint density at radius 3 is 2.52 bits per heavy atom. The number of amides is 1. The van der Waals surface area contributed by atoms with Gasteiger partial charge < -0.3 is 20.3 Å². The number of rotatable bonds is 3. The van der Waals surface area contributed by atoms with Crippen molar-refractivity contribution in [2.24, 2.45) is 12.8 Å². The quantitative estimate of drug-likeness (QED) is 0.839. The van der Waals surface area contributed by atoms with Crippen molar-refractivity contribution in [2.75, 3.05) is 37.6 Å². The number of hydrogen-bond acceptors (Lipinski definition) is 5. The Labute approximate surface area is 148 Å². The first kappa shape index (κ1) is 20.0. The molecule has 3 heterocycles. The van der Waals surface area contributed by atoms with Crippen LogP contribution in [0.3, 0.4) is 0 Å². The standard InChI is InChI=1S/C14H23N5O2.2ClH/c1-17-10-11(9-16-17)18-4-6-19(7-5-18)14(20)13-3-2-12(8-15)21-13;;/h9-10,12-13H,2-8,15H2,1H3;2*1H/t12-,13+;;/m1../s1. The molecule has 0 aromatic carbocycles. The molecule has 7 nitrogen and oxygen atoms in total. The first-order valence-corrected chi connectivity index (χ1v) is 7.55. The number of carbonyl (C=O) groups excluding carboxylic acids is 1. The number of ether oxygens (including phenoxy) is 1. The van der Waals surface area contributed by atoms with E-state index >= 15 is 0 Å². The van der Waals surface area contributed by atoms with Gasteiger partial charge in [-0.05, 0) is 12.8 Å². The Balaban J connectivity index is 0.00000132. The number of carbonyl (C=O) groups is 1. The van der Waals surface area contributed by atoms with Gasteiger partial charge in [0, 0.05) is 46.0 Å². The van der Waals surface area contributed by atoms with Gasteiger partial charge in [0.15, 0.2) is 0 Å². The summed E-state index contributed by atoms with van der Waals surface area (Å²) in [6, 6.07) is 0. The maximum Gasteiger partial charge on any atom is 0.251 e. The number of anilines is 1. The first-order valence-electron chi connectivity index (χ1n) is 7.55. The Morgan fingerprint density at radius 1 is 1.30 bits per heavy atom. The highest BCUT2D eigenvalue weighted by atomic mass is 35.5. The van der Waals surface area contributed by atoms with Crippen molar-refractivity contribution in [3.05, 3.63) is 12.4 Å². The number of aryl methyl sites for hydroxylation is 1. The highest BCUT2D eigenvalue weighted by Crippen LogP contribution is 2.22. The predicted molar refractivity (Wildman–Crippen MR) is 93.4 cm³/mol. The molecule has 2 aliphatic heterocycles. The van der Waals surface area contributed by atoms with Crippen molar-refractivity contribution in [2.45, 2.75) is 25.0 Å². The zero-order valence-corrected chi connectivity index (χ0v) is 14.9. The second-order valence-electron chi connectivity index (χ2n) is 5.74. The van der Waals surface area contributed by atoms with Crippen LogP contribution in [0.1, 0.15) is 12.8 Å². The Morgan fingerprint density at radius 2 is 2.00 bits per heavy atom. The molecule has 3 rings (SSSR count). The molecule has 2 atom stereocenters. The van der Waals surface area contributed by atoms with Gasteiger partial charge >= 0.3 is 0 Å². The second-order valence-corrected chi connectivity index (χ2v) is 5.74. The van der Waals surface area contributed by atoms with Crippen LogP contribution >= 0.6 is 24.8 Å². The Kier molecular flexibility index (Phi) is 7.60. The summed E-state index contributed by atoms with van der Waals surface area (Å²) in [5.41, 5.74) is 6.71. The molecular weight excluding hydrogens is 341 g/mol. The van der Waals surface area contributed by atoms with E-state index in [-0.39, 0.29) is 42.9 Å². The molecule has 132 valence electrons. The monoisotopic (exact) mass is 365 g/mol. The highest BCUT2D eigenvalue weighted by Gasteiger charge is 2.34. The molecule has 1 aromatic heterocycles. The SMILES string of the molecule is Cl.Cl.Cn1cc(N2CCN(C(=O)[C@@H]3CC[C@H](CN)O3)CC2)cn1. The maximum atomic E-state index is 12.4. The molecule has 2 saturated heterocycles. The molecule has 0 saturated carbocycles. The summed E-state index contributed by atoms with van der Waals surface area (Å²) in [7, 11) is 1.91. The molecule has 1 amide bonds. The van der Waals surface area contributed by atoms with Gasteiger partial charge in [0.2, 0.25) is 0 Å².